The van der Waals surface area contributed by atoms with E-state index in [0.717, 1.165) is 29.8 Å². The molecule has 0 aliphatic rings. The number of nitrogens with zero attached hydrogens (tertiary/aromatic N) is 1. The van der Waals surface area contributed by atoms with E-state index in [-0.39, 0.29) is 18.3 Å². The van der Waals surface area contributed by atoms with Gasteiger partial charge in [-0.2, -0.15) is 0 Å². The molecule has 0 saturated carbocycles. The highest BCUT2D eigenvalue weighted by atomic mass is 35.5. The number of ether oxygens (including phenoxy) is 1. The smallest absolute Gasteiger partial charge is 0.425 e. The molecule has 2 aromatic rings. The number of aromatic nitrogens is 1. The van der Waals surface area contributed by atoms with Crippen LogP contribution in [0.1, 0.15) is 25.1 Å². The van der Waals surface area contributed by atoms with E-state index in [9.17, 15) is 9.59 Å². The van der Waals surface area contributed by atoms with Crippen molar-refractivity contribution >= 4 is 46.6 Å². The largest absolute Gasteiger partial charge is 0.449 e. The summed E-state index contributed by atoms with van der Waals surface area (Å²) in [6.07, 6.45) is 1.05. The van der Waals surface area contributed by atoms with Crippen LogP contribution < -0.4 is 16.2 Å². The third-order valence-electron chi connectivity index (χ3n) is 3.02. The summed E-state index contributed by atoms with van der Waals surface area (Å²) in [5.74, 6) is -0.122. The Balaban J connectivity index is 0.00000312. The molecule has 0 fully saturated rings. The monoisotopic (exact) mass is 384 g/mol. The summed E-state index contributed by atoms with van der Waals surface area (Å²) in [7, 11) is 0. The minimum absolute atomic E-state index is 0. The Morgan fingerprint density at radius 1 is 1.28 bits per heavy atom. The van der Waals surface area contributed by atoms with E-state index in [1.54, 1.807) is 6.92 Å². The summed E-state index contributed by atoms with van der Waals surface area (Å²) < 4.78 is 4.78. The lowest BCUT2D eigenvalue weighted by molar-refractivity contribution is -0.114. The summed E-state index contributed by atoms with van der Waals surface area (Å²) in [6.45, 7) is 3.53. The van der Waals surface area contributed by atoms with E-state index in [4.69, 9.17) is 4.74 Å². The van der Waals surface area contributed by atoms with Crippen LogP contribution in [-0.2, 0) is 22.4 Å². The molecule has 0 aliphatic carbocycles. The number of hydrogen-bond acceptors (Lipinski definition) is 6. The maximum Gasteiger partial charge on any atom is 0.425 e. The van der Waals surface area contributed by atoms with Crippen molar-refractivity contribution in [2.75, 3.05) is 17.3 Å². The molecule has 2 rings (SSSR count). The Hall–Kier alpha value is -2.32. The predicted molar refractivity (Wildman–Crippen MR) is 101 cm³/mol. The van der Waals surface area contributed by atoms with Gasteiger partial charge in [0.1, 0.15) is 0 Å². The summed E-state index contributed by atoms with van der Waals surface area (Å²) in [5, 5.41) is 5.23. The molecule has 1 aromatic heterocycles. The molecule has 9 heteroatoms. The zero-order valence-corrected chi connectivity index (χ0v) is 15.6. The number of rotatable bonds is 7. The Labute approximate surface area is 156 Å². The highest BCUT2D eigenvalue weighted by Crippen LogP contribution is 2.18. The fourth-order valence-electron chi connectivity index (χ4n) is 2.00. The highest BCUT2D eigenvalue weighted by Gasteiger charge is 2.05. The van der Waals surface area contributed by atoms with Crippen LogP contribution in [0.4, 0.5) is 15.6 Å². The zero-order chi connectivity index (χ0) is 17.4. The van der Waals surface area contributed by atoms with Crippen LogP contribution in [-0.4, -0.2) is 23.6 Å². The van der Waals surface area contributed by atoms with Gasteiger partial charge in [-0.25, -0.2) is 15.2 Å². The van der Waals surface area contributed by atoms with Crippen LogP contribution in [0.2, 0.25) is 0 Å². The van der Waals surface area contributed by atoms with Crippen LogP contribution in [0.15, 0.2) is 29.6 Å². The number of carbonyl (C=O) groups is 2. The second-order valence-corrected chi connectivity index (χ2v) is 5.85. The average molecular weight is 385 g/mol. The summed E-state index contributed by atoms with van der Waals surface area (Å²) in [5.41, 5.74) is 8.09. The van der Waals surface area contributed by atoms with Gasteiger partial charge < -0.3 is 10.1 Å². The molecule has 1 aromatic carbocycles. The van der Waals surface area contributed by atoms with Crippen LogP contribution in [0.5, 0.6) is 0 Å². The standard InChI is InChI=1S/C16H20N4O3S.ClH/c1-3-23-16(22)20-19-13-6-4-5-12(9-13)7-8-14-10-24-15(18-14)17-11(2)21;/h4-6,9-10,19H,3,7-8H2,1-2H3,(H,20,22)(H,17,18,21);1H. The number of thiazole rings is 1. The molecule has 0 bridgehead atoms. The number of hydrogen-bond donors (Lipinski definition) is 3. The molecule has 0 atom stereocenters. The van der Waals surface area contributed by atoms with Gasteiger partial charge in [0.15, 0.2) is 5.13 Å². The van der Waals surface area contributed by atoms with Gasteiger partial charge in [-0.15, -0.1) is 23.7 Å². The molecular formula is C16H21ClN4O3S. The molecule has 0 radical (unpaired) electrons. The first kappa shape index (κ1) is 20.7. The number of halogens is 1. The fraction of sp³-hybridized carbons (Fsp3) is 0.312. The number of anilines is 2. The maximum atomic E-state index is 11.3. The van der Waals surface area contributed by atoms with E-state index in [1.165, 1.54) is 18.3 Å². The summed E-state index contributed by atoms with van der Waals surface area (Å²) in [6, 6.07) is 7.73. The topological polar surface area (TPSA) is 92.4 Å². The molecule has 3 N–H and O–H groups in total. The summed E-state index contributed by atoms with van der Waals surface area (Å²) in [4.78, 5) is 26.6. The molecule has 0 saturated heterocycles. The lowest BCUT2D eigenvalue weighted by atomic mass is 10.1. The third-order valence-corrected chi connectivity index (χ3v) is 3.82. The van der Waals surface area contributed by atoms with Crippen molar-refractivity contribution in [3.8, 4) is 0 Å². The lowest BCUT2D eigenvalue weighted by Gasteiger charge is -2.09. The van der Waals surface area contributed by atoms with Crippen LogP contribution in [0.25, 0.3) is 0 Å². The van der Waals surface area contributed by atoms with Crippen LogP contribution >= 0.6 is 23.7 Å². The lowest BCUT2D eigenvalue weighted by Crippen LogP contribution is -2.29. The molecule has 2 amide bonds. The molecule has 0 aliphatic heterocycles. The Bertz CT molecular complexity index is 708. The SMILES string of the molecule is CCOC(=O)NNc1cccc(CCc2csc(NC(C)=O)n2)c1.Cl. The van der Waals surface area contributed by atoms with Crippen LogP contribution in [0, 0.1) is 0 Å². The van der Waals surface area contributed by atoms with E-state index >= 15 is 0 Å². The van der Waals surface area contributed by atoms with Crippen molar-refractivity contribution in [2.45, 2.75) is 26.7 Å². The van der Waals surface area contributed by atoms with Crippen molar-refractivity contribution in [2.24, 2.45) is 0 Å². The highest BCUT2D eigenvalue weighted by molar-refractivity contribution is 7.13. The van der Waals surface area contributed by atoms with Crippen molar-refractivity contribution in [3.05, 3.63) is 40.9 Å². The number of amides is 2. The molecule has 0 spiro atoms. The number of nitrogens with one attached hydrogen (secondary N) is 3. The number of benzene rings is 1. The van der Waals surface area contributed by atoms with Crippen molar-refractivity contribution in [1.82, 2.24) is 10.4 Å². The minimum Gasteiger partial charge on any atom is -0.449 e. The summed E-state index contributed by atoms with van der Waals surface area (Å²) >= 11 is 1.42. The first-order valence-electron chi connectivity index (χ1n) is 7.56. The van der Waals surface area contributed by atoms with E-state index < -0.39 is 6.09 Å². The zero-order valence-electron chi connectivity index (χ0n) is 14.0. The molecule has 0 unspecified atom stereocenters. The van der Waals surface area contributed by atoms with Gasteiger partial charge in [0, 0.05) is 12.3 Å². The number of aryl methyl sites for hydroxylation is 2. The van der Waals surface area contributed by atoms with Crippen molar-refractivity contribution < 1.29 is 14.3 Å². The van der Waals surface area contributed by atoms with Gasteiger partial charge in [0.05, 0.1) is 18.0 Å². The quantitative estimate of drug-likeness (QED) is 0.636. The van der Waals surface area contributed by atoms with Gasteiger partial charge in [-0.05, 0) is 37.5 Å². The number of carbonyl (C=O) groups excluding carboxylic acids is 2. The molecule has 1 heterocycles. The second kappa shape index (κ2) is 10.5. The Kier molecular flexibility index (Phi) is 8.73. The molecule has 7 nitrogen and oxygen atoms in total. The third kappa shape index (κ3) is 7.40. The van der Waals surface area contributed by atoms with E-state index in [1.807, 2.05) is 29.6 Å². The van der Waals surface area contributed by atoms with E-state index in [2.05, 4.69) is 21.2 Å². The van der Waals surface area contributed by atoms with E-state index in [0.29, 0.717) is 11.7 Å². The van der Waals surface area contributed by atoms with Gasteiger partial charge in [-0.3, -0.25) is 10.2 Å². The van der Waals surface area contributed by atoms with Gasteiger partial charge in [0.25, 0.3) is 0 Å². The number of hydrazine groups is 1. The Morgan fingerprint density at radius 3 is 2.80 bits per heavy atom. The molecule has 25 heavy (non-hydrogen) atoms. The van der Waals surface area contributed by atoms with Crippen molar-refractivity contribution in [3.63, 3.8) is 0 Å². The second-order valence-electron chi connectivity index (χ2n) is 5.00. The first-order chi connectivity index (χ1) is 11.6. The van der Waals surface area contributed by atoms with Gasteiger partial charge >= 0.3 is 6.09 Å². The van der Waals surface area contributed by atoms with Crippen molar-refractivity contribution in [1.29, 1.82) is 0 Å². The first-order valence-corrected chi connectivity index (χ1v) is 8.44. The Morgan fingerprint density at radius 2 is 2.08 bits per heavy atom. The molecular weight excluding hydrogens is 364 g/mol. The maximum absolute atomic E-state index is 11.3. The fourth-order valence-corrected chi connectivity index (χ4v) is 2.79. The average Bonchev–Trinajstić information content (AvgIpc) is 2.98. The predicted octanol–water partition coefficient (Wildman–Crippen LogP) is 3.38. The van der Waals surface area contributed by atoms with Crippen LogP contribution in [0.3, 0.4) is 0 Å². The minimum atomic E-state index is -0.518. The normalized spacial score (nSPS) is 9.68. The molecule has 136 valence electrons. The van der Waals surface area contributed by atoms with Gasteiger partial charge in [-0.1, -0.05) is 12.1 Å². The van der Waals surface area contributed by atoms with Gasteiger partial charge in [0.2, 0.25) is 5.91 Å².